The van der Waals surface area contributed by atoms with Crippen LogP contribution in [0.5, 0.6) is 0 Å². The number of anilines is 1. The number of carbonyl (C=O) groups is 1. The molecular weight excluding hydrogens is 240 g/mol. The number of rotatable bonds is 4. The Morgan fingerprint density at radius 2 is 2.25 bits per heavy atom. The summed E-state index contributed by atoms with van der Waals surface area (Å²) in [5.74, 6) is 0.737. The van der Waals surface area contributed by atoms with Crippen LogP contribution in [-0.4, -0.2) is 16.6 Å². The molecule has 0 saturated heterocycles. The van der Waals surface area contributed by atoms with Crippen molar-refractivity contribution in [3.63, 3.8) is 0 Å². The van der Waals surface area contributed by atoms with Gasteiger partial charge in [-0.1, -0.05) is 23.5 Å². The van der Waals surface area contributed by atoms with E-state index in [9.17, 15) is 4.79 Å². The molecule has 0 unspecified atom stereocenters. The first-order chi connectivity index (χ1) is 7.79. The molecule has 2 rings (SSSR count). The summed E-state index contributed by atoms with van der Waals surface area (Å²) < 4.78 is 1.09. The fraction of sp³-hybridized carbons (Fsp3) is 0.273. The van der Waals surface area contributed by atoms with Crippen molar-refractivity contribution in [2.24, 2.45) is 0 Å². The van der Waals surface area contributed by atoms with Crippen LogP contribution in [0.4, 0.5) is 5.13 Å². The summed E-state index contributed by atoms with van der Waals surface area (Å²) in [7, 11) is 0. The van der Waals surface area contributed by atoms with Crippen molar-refractivity contribution in [2.75, 3.05) is 11.1 Å². The zero-order valence-corrected chi connectivity index (χ0v) is 10.4. The van der Waals surface area contributed by atoms with Gasteiger partial charge in [0.2, 0.25) is 5.91 Å². The second-order valence-electron chi connectivity index (χ2n) is 3.36. The first kappa shape index (κ1) is 11.4. The Balaban J connectivity index is 2.07. The number of thiol groups is 1. The minimum atomic E-state index is 0.00751. The van der Waals surface area contributed by atoms with E-state index in [1.807, 2.05) is 24.3 Å². The molecule has 2 aromatic rings. The highest BCUT2D eigenvalue weighted by Crippen LogP contribution is 2.25. The number of nitrogens with one attached hydrogen (secondary N) is 1. The highest BCUT2D eigenvalue weighted by Gasteiger charge is 2.06. The van der Waals surface area contributed by atoms with Gasteiger partial charge in [0.15, 0.2) is 5.13 Å². The Bertz CT molecular complexity index is 462. The first-order valence-electron chi connectivity index (χ1n) is 5.06. The monoisotopic (exact) mass is 252 g/mol. The molecule has 1 N–H and O–H groups in total. The zero-order valence-electron chi connectivity index (χ0n) is 8.64. The lowest BCUT2D eigenvalue weighted by Gasteiger charge is -1.98. The van der Waals surface area contributed by atoms with Gasteiger partial charge in [0.25, 0.3) is 0 Å². The third kappa shape index (κ3) is 2.74. The van der Waals surface area contributed by atoms with Gasteiger partial charge in [0.05, 0.1) is 10.2 Å². The smallest absolute Gasteiger partial charge is 0.226 e. The van der Waals surface area contributed by atoms with E-state index < -0.39 is 0 Å². The van der Waals surface area contributed by atoms with E-state index in [1.54, 1.807) is 0 Å². The molecule has 0 bridgehead atoms. The lowest BCUT2D eigenvalue weighted by atomic mass is 10.3. The number of carbonyl (C=O) groups excluding carboxylic acids is 1. The van der Waals surface area contributed by atoms with Crippen molar-refractivity contribution in [1.82, 2.24) is 4.98 Å². The summed E-state index contributed by atoms with van der Waals surface area (Å²) in [6, 6.07) is 7.84. The average molecular weight is 252 g/mol. The van der Waals surface area contributed by atoms with Crippen molar-refractivity contribution >= 4 is 45.2 Å². The van der Waals surface area contributed by atoms with E-state index >= 15 is 0 Å². The Kier molecular flexibility index (Phi) is 3.79. The molecule has 5 heteroatoms. The molecule has 3 nitrogen and oxygen atoms in total. The Labute approximate surface area is 103 Å². The predicted molar refractivity (Wildman–Crippen MR) is 71.3 cm³/mol. The number of fused-ring (bicyclic) bond motifs is 1. The summed E-state index contributed by atoms with van der Waals surface area (Å²) in [5, 5.41) is 3.47. The quantitative estimate of drug-likeness (QED) is 0.821. The number of aromatic nitrogens is 1. The van der Waals surface area contributed by atoms with Crippen LogP contribution in [0.15, 0.2) is 24.3 Å². The molecule has 0 aliphatic rings. The Morgan fingerprint density at radius 3 is 3.00 bits per heavy atom. The second-order valence-corrected chi connectivity index (χ2v) is 4.84. The summed E-state index contributed by atoms with van der Waals surface area (Å²) in [6.45, 7) is 0. The van der Waals surface area contributed by atoms with Crippen LogP contribution in [0, 0.1) is 0 Å². The van der Waals surface area contributed by atoms with Crippen LogP contribution >= 0.6 is 24.0 Å². The molecule has 1 aromatic heterocycles. The van der Waals surface area contributed by atoms with Crippen LogP contribution in [0.1, 0.15) is 12.8 Å². The van der Waals surface area contributed by atoms with Crippen LogP contribution in [0.3, 0.4) is 0 Å². The van der Waals surface area contributed by atoms with Crippen molar-refractivity contribution in [3.8, 4) is 0 Å². The van der Waals surface area contributed by atoms with Gasteiger partial charge in [-0.05, 0) is 24.3 Å². The maximum Gasteiger partial charge on any atom is 0.226 e. The Hall–Kier alpha value is -1.07. The first-order valence-corrected chi connectivity index (χ1v) is 6.51. The normalized spacial score (nSPS) is 10.6. The number of hydrogen-bond donors (Lipinski definition) is 2. The van der Waals surface area contributed by atoms with Gasteiger partial charge in [-0.15, -0.1) is 0 Å². The number of thiazole rings is 1. The number of para-hydroxylation sites is 1. The van der Waals surface area contributed by atoms with Crippen molar-refractivity contribution in [2.45, 2.75) is 12.8 Å². The third-order valence-corrected chi connectivity index (χ3v) is 3.37. The fourth-order valence-corrected chi connectivity index (χ4v) is 2.39. The molecule has 0 saturated carbocycles. The van der Waals surface area contributed by atoms with E-state index in [-0.39, 0.29) is 5.91 Å². The van der Waals surface area contributed by atoms with Gasteiger partial charge in [-0.2, -0.15) is 12.6 Å². The molecule has 0 atom stereocenters. The van der Waals surface area contributed by atoms with E-state index in [1.165, 1.54) is 11.3 Å². The van der Waals surface area contributed by atoms with Crippen LogP contribution < -0.4 is 5.32 Å². The van der Waals surface area contributed by atoms with E-state index in [0.29, 0.717) is 11.6 Å². The molecular formula is C11H12N2OS2. The topological polar surface area (TPSA) is 42.0 Å². The van der Waals surface area contributed by atoms with Gasteiger partial charge in [0, 0.05) is 6.42 Å². The zero-order chi connectivity index (χ0) is 11.4. The average Bonchev–Trinajstić information content (AvgIpc) is 2.68. The largest absolute Gasteiger partial charge is 0.302 e. The van der Waals surface area contributed by atoms with Gasteiger partial charge >= 0.3 is 0 Å². The molecule has 0 spiro atoms. The SMILES string of the molecule is O=C(CCCS)Nc1nc2ccccc2s1. The summed E-state index contributed by atoms with van der Waals surface area (Å²) in [6.07, 6.45) is 1.29. The third-order valence-electron chi connectivity index (χ3n) is 2.10. The standard InChI is InChI=1S/C11H12N2OS2/c14-10(6-3-7-15)13-11-12-8-4-1-2-5-9(8)16-11/h1-2,4-5,15H,3,6-7H2,(H,12,13,14). The number of amides is 1. The van der Waals surface area contributed by atoms with Crippen LogP contribution in [0.2, 0.25) is 0 Å². The molecule has 84 valence electrons. The predicted octanol–water partition coefficient (Wildman–Crippen LogP) is 2.94. The highest BCUT2D eigenvalue weighted by molar-refractivity contribution is 7.80. The molecule has 1 heterocycles. The van der Waals surface area contributed by atoms with Crippen molar-refractivity contribution in [3.05, 3.63) is 24.3 Å². The molecule has 0 aliphatic heterocycles. The molecule has 0 radical (unpaired) electrons. The fourth-order valence-electron chi connectivity index (χ4n) is 1.35. The molecule has 1 amide bonds. The van der Waals surface area contributed by atoms with E-state index in [2.05, 4.69) is 22.9 Å². The van der Waals surface area contributed by atoms with Crippen molar-refractivity contribution < 1.29 is 4.79 Å². The van der Waals surface area contributed by atoms with Gasteiger partial charge in [-0.25, -0.2) is 4.98 Å². The summed E-state index contributed by atoms with van der Waals surface area (Å²) in [4.78, 5) is 15.8. The number of hydrogen-bond acceptors (Lipinski definition) is 4. The van der Waals surface area contributed by atoms with Gasteiger partial charge in [-0.3, -0.25) is 4.79 Å². The highest BCUT2D eigenvalue weighted by atomic mass is 32.1. The van der Waals surface area contributed by atoms with Gasteiger partial charge < -0.3 is 5.32 Å². The maximum absolute atomic E-state index is 11.5. The van der Waals surface area contributed by atoms with Crippen molar-refractivity contribution in [1.29, 1.82) is 0 Å². The van der Waals surface area contributed by atoms with Gasteiger partial charge in [0.1, 0.15) is 0 Å². The summed E-state index contributed by atoms with van der Waals surface area (Å²) in [5.41, 5.74) is 0.928. The number of nitrogens with zero attached hydrogens (tertiary/aromatic N) is 1. The number of benzene rings is 1. The van der Waals surface area contributed by atoms with E-state index in [0.717, 1.165) is 22.4 Å². The minimum Gasteiger partial charge on any atom is -0.302 e. The lowest BCUT2D eigenvalue weighted by molar-refractivity contribution is -0.116. The van der Waals surface area contributed by atoms with Crippen LogP contribution in [-0.2, 0) is 4.79 Å². The van der Waals surface area contributed by atoms with Crippen LogP contribution in [0.25, 0.3) is 10.2 Å². The molecule has 0 aliphatic carbocycles. The van der Waals surface area contributed by atoms with E-state index in [4.69, 9.17) is 0 Å². The Morgan fingerprint density at radius 1 is 1.44 bits per heavy atom. The molecule has 0 fully saturated rings. The minimum absolute atomic E-state index is 0.00751. The second kappa shape index (κ2) is 5.32. The maximum atomic E-state index is 11.5. The lowest BCUT2D eigenvalue weighted by Crippen LogP contribution is -2.10. The summed E-state index contributed by atoms with van der Waals surface area (Å²) >= 11 is 5.57. The molecule has 16 heavy (non-hydrogen) atoms. The molecule has 1 aromatic carbocycles.